The summed E-state index contributed by atoms with van der Waals surface area (Å²) >= 11 is 0. The predicted octanol–water partition coefficient (Wildman–Crippen LogP) is 2.37. The van der Waals surface area contributed by atoms with Gasteiger partial charge in [-0.25, -0.2) is 0 Å². The zero-order chi connectivity index (χ0) is 16.2. The van der Waals surface area contributed by atoms with Crippen LogP contribution in [0.1, 0.15) is 43.7 Å². The molecule has 0 unspecified atom stereocenters. The lowest BCUT2D eigenvalue weighted by Gasteiger charge is -2.37. The van der Waals surface area contributed by atoms with E-state index in [4.69, 9.17) is 4.74 Å². The molecule has 0 spiro atoms. The number of hydrogen-bond donors (Lipinski definition) is 0. The van der Waals surface area contributed by atoms with Gasteiger partial charge in [-0.15, -0.1) is 0 Å². The highest BCUT2D eigenvalue weighted by Gasteiger charge is 2.31. The van der Waals surface area contributed by atoms with Crippen LogP contribution < -0.4 is 4.74 Å². The van der Waals surface area contributed by atoms with Crippen molar-refractivity contribution in [3.05, 3.63) is 29.8 Å². The van der Waals surface area contributed by atoms with Gasteiger partial charge in [-0.1, -0.05) is 12.1 Å². The zero-order valence-corrected chi connectivity index (χ0v) is 13.7. The van der Waals surface area contributed by atoms with Crippen LogP contribution in [0.2, 0.25) is 0 Å². The number of amides is 2. The Morgan fingerprint density at radius 3 is 2.87 bits per heavy atom. The lowest BCUT2D eigenvalue weighted by atomic mass is 9.95. The third kappa shape index (κ3) is 3.49. The van der Waals surface area contributed by atoms with Crippen molar-refractivity contribution >= 4 is 11.8 Å². The molecular weight excluding hydrogens is 292 g/mol. The molecule has 0 saturated carbocycles. The number of carbonyl (C=O) groups is 2. The van der Waals surface area contributed by atoms with Crippen molar-refractivity contribution in [2.45, 2.75) is 38.1 Å². The van der Waals surface area contributed by atoms with Crippen LogP contribution in [0.5, 0.6) is 5.75 Å². The molecule has 0 aliphatic carbocycles. The minimum atomic E-state index is 0.0627. The van der Waals surface area contributed by atoms with Gasteiger partial charge in [-0.3, -0.25) is 9.59 Å². The Hall–Kier alpha value is -2.04. The first kappa shape index (κ1) is 15.8. The van der Waals surface area contributed by atoms with E-state index in [1.54, 1.807) is 12.0 Å². The molecule has 1 aromatic carbocycles. The molecule has 23 heavy (non-hydrogen) atoms. The number of ether oxygens (including phenoxy) is 1. The molecule has 2 fully saturated rings. The highest BCUT2D eigenvalue weighted by Crippen LogP contribution is 2.32. The Bertz CT molecular complexity index is 587. The molecular formula is C18H24N2O3. The minimum Gasteiger partial charge on any atom is -0.497 e. The number of nitrogens with zero attached hydrogens (tertiary/aromatic N) is 2. The van der Waals surface area contributed by atoms with Gasteiger partial charge in [0, 0.05) is 19.5 Å². The van der Waals surface area contributed by atoms with Crippen LogP contribution in [0.4, 0.5) is 0 Å². The lowest BCUT2D eigenvalue weighted by molar-refractivity contribution is -0.141. The Kier molecular flexibility index (Phi) is 4.84. The SMILES string of the molecule is COc1cccc([C@H]2CCCCN2C(=O)CN2CCCC2=O)c1. The van der Waals surface area contributed by atoms with Crippen molar-refractivity contribution in [3.8, 4) is 5.75 Å². The smallest absolute Gasteiger partial charge is 0.242 e. The van der Waals surface area contributed by atoms with Gasteiger partial charge in [0.05, 0.1) is 19.7 Å². The van der Waals surface area contributed by atoms with Gasteiger partial charge in [0.25, 0.3) is 0 Å². The Labute approximate surface area is 137 Å². The van der Waals surface area contributed by atoms with Crippen LogP contribution >= 0.6 is 0 Å². The fourth-order valence-corrected chi connectivity index (χ4v) is 3.55. The molecule has 2 aliphatic heterocycles. The average molecular weight is 316 g/mol. The van der Waals surface area contributed by atoms with Crippen molar-refractivity contribution < 1.29 is 14.3 Å². The zero-order valence-electron chi connectivity index (χ0n) is 13.7. The topological polar surface area (TPSA) is 49.9 Å². The molecule has 5 heteroatoms. The van der Waals surface area contributed by atoms with Crippen molar-refractivity contribution in [3.63, 3.8) is 0 Å². The van der Waals surface area contributed by atoms with Crippen LogP contribution in [-0.4, -0.2) is 48.4 Å². The first-order valence-corrected chi connectivity index (χ1v) is 8.40. The molecule has 2 aliphatic rings. The van der Waals surface area contributed by atoms with Crippen LogP contribution in [0.25, 0.3) is 0 Å². The van der Waals surface area contributed by atoms with Gasteiger partial charge in [-0.2, -0.15) is 0 Å². The van der Waals surface area contributed by atoms with E-state index < -0.39 is 0 Å². The average Bonchev–Trinajstić information content (AvgIpc) is 2.99. The number of benzene rings is 1. The molecule has 1 aromatic rings. The molecule has 3 rings (SSSR count). The number of piperidine rings is 1. The minimum absolute atomic E-state index is 0.0627. The molecule has 5 nitrogen and oxygen atoms in total. The summed E-state index contributed by atoms with van der Waals surface area (Å²) in [6.07, 6.45) is 4.55. The fraction of sp³-hybridized carbons (Fsp3) is 0.556. The second-order valence-corrected chi connectivity index (χ2v) is 6.29. The molecule has 0 bridgehead atoms. The van der Waals surface area contributed by atoms with Gasteiger partial charge in [-0.05, 0) is 43.4 Å². The van der Waals surface area contributed by atoms with Gasteiger partial charge in [0.2, 0.25) is 11.8 Å². The van der Waals surface area contributed by atoms with Crippen LogP contribution in [0.15, 0.2) is 24.3 Å². The number of hydrogen-bond acceptors (Lipinski definition) is 3. The largest absolute Gasteiger partial charge is 0.497 e. The monoisotopic (exact) mass is 316 g/mol. The van der Waals surface area contributed by atoms with Crippen molar-refractivity contribution in [1.82, 2.24) is 9.80 Å². The summed E-state index contributed by atoms with van der Waals surface area (Å²) in [6.45, 7) is 1.70. The van der Waals surface area contributed by atoms with Gasteiger partial charge >= 0.3 is 0 Å². The molecule has 124 valence electrons. The van der Waals surface area contributed by atoms with Gasteiger partial charge in [0.15, 0.2) is 0 Å². The molecule has 2 heterocycles. The fourth-order valence-electron chi connectivity index (χ4n) is 3.55. The van der Waals surface area contributed by atoms with Crippen LogP contribution in [0, 0.1) is 0 Å². The normalized spacial score (nSPS) is 21.6. The summed E-state index contributed by atoms with van der Waals surface area (Å²) in [6, 6.07) is 8.04. The van der Waals surface area contributed by atoms with E-state index in [-0.39, 0.29) is 24.4 Å². The number of methoxy groups -OCH3 is 1. The third-order valence-corrected chi connectivity index (χ3v) is 4.80. The van der Waals surface area contributed by atoms with Crippen LogP contribution in [-0.2, 0) is 9.59 Å². The second-order valence-electron chi connectivity index (χ2n) is 6.29. The highest BCUT2D eigenvalue weighted by molar-refractivity contribution is 5.86. The summed E-state index contributed by atoms with van der Waals surface area (Å²) in [5, 5.41) is 0. The number of carbonyl (C=O) groups excluding carboxylic acids is 2. The van der Waals surface area contributed by atoms with Crippen LogP contribution in [0.3, 0.4) is 0 Å². The molecule has 1 atom stereocenters. The summed E-state index contributed by atoms with van der Waals surface area (Å²) < 4.78 is 5.31. The predicted molar refractivity (Wildman–Crippen MR) is 87.1 cm³/mol. The van der Waals surface area contributed by atoms with Crippen molar-refractivity contribution in [1.29, 1.82) is 0 Å². The Morgan fingerprint density at radius 2 is 2.13 bits per heavy atom. The molecule has 2 amide bonds. The van der Waals surface area contributed by atoms with Gasteiger partial charge in [0.1, 0.15) is 5.75 Å². The van der Waals surface area contributed by atoms with E-state index in [2.05, 4.69) is 6.07 Å². The maximum absolute atomic E-state index is 12.7. The summed E-state index contributed by atoms with van der Waals surface area (Å²) in [4.78, 5) is 28.1. The summed E-state index contributed by atoms with van der Waals surface area (Å²) in [5.41, 5.74) is 1.12. The van der Waals surface area contributed by atoms with E-state index in [0.717, 1.165) is 43.5 Å². The summed E-state index contributed by atoms with van der Waals surface area (Å²) in [5.74, 6) is 0.983. The van der Waals surface area contributed by atoms with E-state index in [9.17, 15) is 9.59 Å². The molecule has 0 radical (unpaired) electrons. The maximum Gasteiger partial charge on any atom is 0.242 e. The van der Waals surface area contributed by atoms with E-state index in [0.29, 0.717) is 13.0 Å². The standard InChI is InChI=1S/C18H24N2O3/c1-23-15-7-4-6-14(12-15)16-8-2-3-11-20(16)18(22)13-19-10-5-9-17(19)21/h4,6-7,12,16H,2-3,5,8-11,13H2,1H3/t16-/m1/s1. The number of likely N-dealkylation sites (tertiary alicyclic amines) is 2. The number of rotatable bonds is 4. The molecule has 2 saturated heterocycles. The van der Waals surface area contributed by atoms with E-state index >= 15 is 0 Å². The lowest BCUT2D eigenvalue weighted by Crippen LogP contribution is -2.44. The molecule has 0 N–H and O–H groups in total. The highest BCUT2D eigenvalue weighted by atomic mass is 16.5. The van der Waals surface area contributed by atoms with E-state index in [1.165, 1.54) is 0 Å². The second kappa shape index (κ2) is 7.02. The van der Waals surface area contributed by atoms with Crippen molar-refractivity contribution in [2.75, 3.05) is 26.7 Å². The molecule has 0 aromatic heterocycles. The Morgan fingerprint density at radius 1 is 1.26 bits per heavy atom. The first-order valence-electron chi connectivity index (χ1n) is 8.40. The third-order valence-electron chi connectivity index (χ3n) is 4.80. The van der Waals surface area contributed by atoms with Gasteiger partial charge < -0.3 is 14.5 Å². The maximum atomic E-state index is 12.7. The first-order chi connectivity index (χ1) is 11.2. The van der Waals surface area contributed by atoms with E-state index in [1.807, 2.05) is 23.1 Å². The van der Waals surface area contributed by atoms with Crippen molar-refractivity contribution in [2.24, 2.45) is 0 Å². The summed E-state index contributed by atoms with van der Waals surface area (Å²) in [7, 11) is 1.65. The Balaban J connectivity index is 1.75. The quantitative estimate of drug-likeness (QED) is 0.857.